The first-order valence-corrected chi connectivity index (χ1v) is 10.5. The molecule has 0 saturated heterocycles. The highest BCUT2D eigenvalue weighted by molar-refractivity contribution is 7.17. The average molecular weight is 435 g/mol. The third kappa shape index (κ3) is 4.27. The van der Waals surface area contributed by atoms with Gasteiger partial charge >= 0.3 is 0 Å². The van der Waals surface area contributed by atoms with E-state index in [1.54, 1.807) is 24.3 Å². The summed E-state index contributed by atoms with van der Waals surface area (Å²) in [5, 5.41) is 12.5. The van der Waals surface area contributed by atoms with Crippen LogP contribution in [0.5, 0.6) is 0 Å². The molecular formula is C23H18FN3O3S. The van der Waals surface area contributed by atoms with Gasteiger partial charge in [-0.1, -0.05) is 0 Å². The van der Waals surface area contributed by atoms with Crippen LogP contribution in [-0.4, -0.2) is 11.8 Å². The number of amides is 2. The monoisotopic (exact) mass is 435 g/mol. The fraction of sp³-hybridized carbons (Fsp3) is 0.174. The van der Waals surface area contributed by atoms with Gasteiger partial charge < -0.3 is 15.5 Å². The van der Waals surface area contributed by atoms with E-state index in [0.717, 1.165) is 36.1 Å². The second-order valence-electron chi connectivity index (χ2n) is 7.11. The summed E-state index contributed by atoms with van der Waals surface area (Å²) in [4.78, 5) is 25.8. The number of nitrogens with two attached hydrogens (primary N) is 1. The molecule has 3 N–H and O–H groups in total. The highest BCUT2D eigenvalue weighted by atomic mass is 32.1. The summed E-state index contributed by atoms with van der Waals surface area (Å²) in [5.41, 5.74) is 7.28. The zero-order valence-electron chi connectivity index (χ0n) is 16.4. The first-order valence-electron chi connectivity index (χ1n) is 9.69. The lowest BCUT2D eigenvalue weighted by Gasteiger charge is -2.11. The second kappa shape index (κ2) is 8.58. The number of rotatable bonds is 5. The van der Waals surface area contributed by atoms with Gasteiger partial charge in [0.05, 0.1) is 5.56 Å². The van der Waals surface area contributed by atoms with Crippen LogP contribution in [0, 0.1) is 17.1 Å². The molecule has 31 heavy (non-hydrogen) atoms. The number of thiophene rings is 1. The quantitative estimate of drug-likeness (QED) is 0.448. The second-order valence-corrected chi connectivity index (χ2v) is 8.22. The van der Waals surface area contributed by atoms with Gasteiger partial charge in [-0.2, -0.15) is 5.26 Å². The van der Waals surface area contributed by atoms with Gasteiger partial charge in [0.2, 0.25) is 0 Å². The number of primary amides is 1. The molecular weight excluding hydrogens is 417 g/mol. The van der Waals surface area contributed by atoms with Crippen molar-refractivity contribution in [3.05, 3.63) is 69.6 Å². The molecule has 1 aliphatic rings. The minimum absolute atomic E-state index is 0.179. The number of benzene rings is 1. The van der Waals surface area contributed by atoms with Crippen LogP contribution >= 0.6 is 11.3 Å². The molecule has 6 nitrogen and oxygen atoms in total. The Kier molecular flexibility index (Phi) is 5.69. The summed E-state index contributed by atoms with van der Waals surface area (Å²) >= 11 is 1.33. The minimum Gasteiger partial charge on any atom is -0.457 e. The first-order chi connectivity index (χ1) is 15.0. The Morgan fingerprint density at radius 3 is 2.61 bits per heavy atom. The number of nitrogens with zero attached hydrogens (tertiary/aromatic N) is 1. The van der Waals surface area contributed by atoms with Crippen LogP contribution in [0.15, 0.2) is 46.4 Å². The van der Waals surface area contributed by atoms with Crippen molar-refractivity contribution in [2.24, 2.45) is 5.73 Å². The molecule has 4 rings (SSSR count). The van der Waals surface area contributed by atoms with Gasteiger partial charge in [-0.15, -0.1) is 11.3 Å². The van der Waals surface area contributed by atoms with Crippen molar-refractivity contribution in [1.29, 1.82) is 5.26 Å². The highest BCUT2D eigenvalue weighted by Crippen LogP contribution is 2.38. The van der Waals surface area contributed by atoms with E-state index in [0.29, 0.717) is 27.6 Å². The standard InChI is InChI=1S/C23H18FN3O3S/c24-15-7-5-13(6-8-15)18-10-9-16(30-18)11-14(12-25)22(29)27-23-20(21(26)28)17-3-1-2-4-19(17)31-23/h5-11H,1-4H2,(H2,26,28)(H,27,29)/b14-11+. The smallest absolute Gasteiger partial charge is 0.267 e. The minimum atomic E-state index is -0.650. The Balaban J connectivity index is 1.58. The van der Waals surface area contributed by atoms with Gasteiger partial charge in [0.1, 0.15) is 34.0 Å². The van der Waals surface area contributed by atoms with E-state index < -0.39 is 11.8 Å². The molecule has 0 atom stereocenters. The molecule has 0 bridgehead atoms. The lowest BCUT2D eigenvalue weighted by molar-refractivity contribution is -0.112. The van der Waals surface area contributed by atoms with Crippen LogP contribution in [0.4, 0.5) is 9.39 Å². The molecule has 0 saturated carbocycles. The van der Waals surface area contributed by atoms with Crippen LogP contribution in [0.2, 0.25) is 0 Å². The number of halogens is 1. The van der Waals surface area contributed by atoms with Gasteiger partial charge in [-0.05, 0) is 67.6 Å². The summed E-state index contributed by atoms with van der Waals surface area (Å²) in [6, 6.07) is 10.9. The topological polar surface area (TPSA) is 109 Å². The SMILES string of the molecule is N#C/C(=C\c1ccc(-c2ccc(F)cc2)o1)C(=O)Nc1sc2c(c1C(N)=O)CCCC2. The van der Waals surface area contributed by atoms with Gasteiger partial charge in [-0.3, -0.25) is 9.59 Å². The number of aryl methyl sites for hydroxylation is 1. The molecule has 2 amide bonds. The number of anilines is 1. The maximum atomic E-state index is 13.1. The molecule has 3 aromatic rings. The van der Waals surface area contributed by atoms with Crippen molar-refractivity contribution in [3.63, 3.8) is 0 Å². The third-order valence-corrected chi connectivity index (χ3v) is 6.26. The number of nitriles is 1. The molecule has 2 aromatic heterocycles. The number of carbonyl (C=O) groups is 2. The molecule has 0 aliphatic heterocycles. The first kappa shape index (κ1) is 20.6. The zero-order valence-corrected chi connectivity index (χ0v) is 17.2. The maximum Gasteiger partial charge on any atom is 0.267 e. The number of fused-ring (bicyclic) bond motifs is 1. The normalized spacial score (nSPS) is 13.4. The number of hydrogen-bond acceptors (Lipinski definition) is 5. The molecule has 0 radical (unpaired) electrons. The van der Waals surface area contributed by atoms with Gasteiger partial charge in [0.15, 0.2) is 0 Å². The van der Waals surface area contributed by atoms with E-state index in [-0.39, 0.29) is 11.4 Å². The number of furan rings is 1. The molecule has 1 aromatic carbocycles. The molecule has 2 heterocycles. The van der Waals surface area contributed by atoms with E-state index in [1.165, 1.54) is 29.5 Å². The fourth-order valence-corrected chi connectivity index (χ4v) is 4.87. The molecule has 0 fully saturated rings. The van der Waals surface area contributed by atoms with Crippen molar-refractivity contribution in [2.75, 3.05) is 5.32 Å². The number of carbonyl (C=O) groups excluding carboxylic acids is 2. The summed E-state index contributed by atoms with van der Waals surface area (Å²) < 4.78 is 18.8. The van der Waals surface area contributed by atoms with Gasteiger partial charge in [0.25, 0.3) is 11.8 Å². The molecule has 156 valence electrons. The Labute approximate surface area is 181 Å². The Hall–Kier alpha value is -3.70. The van der Waals surface area contributed by atoms with Crippen molar-refractivity contribution in [2.45, 2.75) is 25.7 Å². The Morgan fingerprint density at radius 1 is 1.16 bits per heavy atom. The maximum absolute atomic E-state index is 13.1. The molecule has 8 heteroatoms. The van der Waals surface area contributed by atoms with Crippen molar-refractivity contribution in [1.82, 2.24) is 0 Å². The predicted octanol–water partition coefficient (Wildman–Crippen LogP) is 4.67. The van der Waals surface area contributed by atoms with E-state index in [9.17, 15) is 19.2 Å². The van der Waals surface area contributed by atoms with E-state index in [4.69, 9.17) is 10.2 Å². The summed E-state index contributed by atoms with van der Waals surface area (Å²) in [7, 11) is 0. The zero-order chi connectivity index (χ0) is 22.0. The fourth-order valence-electron chi connectivity index (χ4n) is 3.58. The number of nitrogens with one attached hydrogen (secondary N) is 1. The van der Waals surface area contributed by atoms with E-state index in [1.807, 2.05) is 6.07 Å². The number of hydrogen-bond donors (Lipinski definition) is 2. The Bertz CT molecular complexity index is 1230. The van der Waals surface area contributed by atoms with Crippen LogP contribution in [0.1, 0.15) is 39.4 Å². The van der Waals surface area contributed by atoms with E-state index >= 15 is 0 Å². The van der Waals surface area contributed by atoms with Crippen LogP contribution in [-0.2, 0) is 17.6 Å². The van der Waals surface area contributed by atoms with Crippen molar-refractivity contribution < 1.29 is 18.4 Å². The van der Waals surface area contributed by atoms with Crippen LogP contribution < -0.4 is 11.1 Å². The van der Waals surface area contributed by atoms with Crippen molar-refractivity contribution in [3.8, 4) is 17.4 Å². The van der Waals surface area contributed by atoms with Gasteiger partial charge in [-0.25, -0.2) is 4.39 Å². The summed E-state index contributed by atoms with van der Waals surface area (Å²) in [6.45, 7) is 0. The van der Waals surface area contributed by atoms with Crippen LogP contribution in [0.25, 0.3) is 17.4 Å². The van der Waals surface area contributed by atoms with Gasteiger partial charge in [0, 0.05) is 16.5 Å². The van der Waals surface area contributed by atoms with Crippen molar-refractivity contribution >= 4 is 34.2 Å². The van der Waals surface area contributed by atoms with Crippen LogP contribution in [0.3, 0.4) is 0 Å². The summed E-state index contributed by atoms with van der Waals surface area (Å²) in [6.07, 6.45) is 4.90. The average Bonchev–Trinajstić information content (AvgIpc) is 3.36. The molecule has 0 spiro atoms. The predicted molar refractivity (Wildman–Crippen MR) is 116 cm³/mol. The lowest BCUT2D eigenvalue weighted by atomic mass is 9.95. The largest absolute Gasteiger partial charge is 0.457 e. The highest BCUT2D eigenvalue weighted by Gasteiger charge is 2.25. The lowest BCUT2D eigenvalue weighted by Crippen LogP contribution is -2.19. The van der Waals surface area contributed by atoms with E-state index in [2.05, 4.69) is 5.32 Å². The Morgan fingerprint density at radius 2 is 1.90 bits per heavy atom. The third-order valence-electron chi connectivity index (χ3n) is 5.05. The summed E-state index contributed by atoms with van der Waals surface area (Å²) in [5.74, 6) is -0.822. The molecule has 0 unspecified atom stereocenters. The molecule has 1 aliphatic carbocycles.